The van der Waals surface area contributed by atoms with Crippen LogP contribution >= 0.6 is 0 Å². The van der Waals surface area contributed by atoms with Crippen molar-refractivity contribution in [3.05, 3.63) is 12.3 Å². The minimum absolute atomic E-state index is 0.469. The van der Waals surface area contributed by atoms with Crippen molar-refractivity contribution < 1.29 is 4.74 Å². The van der Waals surface area contributed by atoms with Crippen molar-refractivity contribution in [1.29, 1.82) is 0 Å². The zero-order chi connectivity index (χ0) is 10.7. The van der Waals surface area contributed by atoms with Crippen molar-refractivity contribution in [3.8, 4) is 0 Å². The van der Waals surface area contributed by atoms with Gasteiger partial charge in [-0.15, -0.1) is 0 Å². The van der Waals surface area contributed by atoms with Gasteiger partial charge >= 0.3 is 0 Å². The molecule has 0 aromatic heterocycles. The molecular weight excluding hydrogens is 186 g/mol. The van der Waals surface area contributed by atoms with E-state index >= 15 is 0 Å². The van der Waals surface area contributed by atoms with Gasteiger partial charge in [0.1, 0.15) is 5.76 Å². The number of rotatable bonds is 4. The molecule has 1 aliphatic carbocycles. The van der Waals surface area contributed by atoms with Crippen LogP contribution in [0.4, 0.5) is 0 Å². The number of hydrogen-bond acceptors (Lipinski definition) is 2. The Hall–Kier alpha value is -0.500. The van der Waals surface area contributed by atoms with E-state index in [-0.39, 0.29) is 0 Å². The molecule has 0 radical (unpaired) electrons. The summed E-state index contributed by atoms with van der Waals surface area (Å²) in [5, 5.41) is 0. The third-order valence-electron chi connectivity index (χ3n) is 3.76. The Labute approximate surface area is 93.3 Å². The molecule has 2 nitrogen and oxygen atoms in total. The lowest BCUT2D eigenvalue weighted by atomic mass is 10.2. The normalized spacial score (nSPS) is 28.5. The average molecular weight is 209 g/mol. The topological polar surface area (TPSA) is 12.5 Å². The highest BCUT2D eigenvalue weighted by Gasteiger charge is 2.28. The highest BCUT2D eigenvalue weighted by Crippen LogP contribution is 2.28. The van der Waals surface area contributed by atoms with Gasteiger partial charge in [0.2, 0.25) is 0 Å². The lowest BCUT2D eigenvalue weighted by Gasteiger charge is -2.26. The Morgan fingerprint density at radius 1 is 1.27 bits per heavy atom. The summed E-state index contributed by atoms with van der Waals surface area (Å²) in [6.45, 7) is 8.70. The Kier molecular flexibility index (Phi) is 3.68. The molecule has 1 heterocycles. The Balaban J connectivity index is 1.83. The molecule has 0 aromatic carbocycles. The second kappa shape index (κ2) is 5.02. The van der Waals surface area contributed by atoms with Crippen LogP contribution in [0, 0.1) is 0 Å². The lowest BCUT2D eigenvalue weighted by Crippen LogP contribution is -2.32. The molecule has 0 aromatic rings. The molecule has 1 unspecified atom stereocenters. The maximum Gasteiger partial charge on any atom is 0.106 e. The summed E-state index contributed by atoms with van der Waals surface area (Å²) in [4.78, 5) is 2.48. The van der Waals surface area contributed by atoms with Crippen molar-refractivity contribution in [2.45, 2.75) is 57.6 Å². The maximum absolute atomic E-state index is 5.99. The quantitative estimate of drug-likeness (QED) is 0.660. The molecule has 2 rings (SSSR count). The van der Waals surface area contributed by atoms with Crippen molar-refractivity contribution in [1.82, 2.24) is 4.90 Å². The summed E-state index contributed by atoms with van der Waals surface area (Å²) in [6.07, 6.45) is 8.14. The van der Waals surface area contributed by atoms with E-state index in [1.807, 2.05) is 0 Å². The summed E-state index contributed by atoms with van der Waals surface area (Å²) in [6, 6.07) is 0.496. The van der Waals surface area contributed by atoms with E-state index < -0.39 is 0 Å². The first-order valence-corrected chi connectivity index (χ1v) is 6.40. The highest BCUT2D eigenvalue weighted by molar-refractivity contribution is 5.02. The molecule has 0 spiro atoms. The highest BCUT2D eigenvalue weighted by atomic mass is 16.5. The third kappa shape index (κ3) is 2.54. The molecule has 1 atom stereocenters. The summed E-state index contributed by atoms with van der Waals surface area (Å²) in [5.74, 6) is 1.03. The second-order valence-electron chi connectivity index (χ2n) is 4.78. The molecule has 15 heavy (non-hydrogen) atoms. The standard InChI is InChI=1S/C13H23NO/c1-3-14-10-6-9-13(14)11(2)15-12-7-4-5-8-12/h12-13H,2-10H2,1H3. The molecular formula is C13H23NO. The maximum atomic E-state index is 5.99. The van der Waals surface area contributed by atoms with Gasteiger partial charge in [-0.2, -0.15) is 0 Å². The van der Waals surface area contributed by atoms with E-state index in [0.29, 0.717) is 12.1 Å². The van der Waals surface area contributed by atoms with E-state index in [9.17, 15) is 0 Å². The molecule has 1 saturated heterocycles. The van der Waals surface area contributed by atoms with E-state index in [1.165, 1.54) is 45.1 Å². The molecule has 0 bridgehead atoms. The Bertz CT molecular complexity index is 221. The molecule has 2 heteroatoms. The first-order chi connectivity index (χ1) is 7.31. The monoisotopic (exact) mass is 209 g/mol. The number of likely N-dealkylation sites (tertiary alicyclic amines) is 1. The zero-order valence-electron chi connectivity index (χ0n) is 9.87. The van der Waals surface area contributed by atoms with Crippen LogP contribution in [0.15, 0.2) is 12.3 Å². The van der Waals surface area contributed by atoms with Crippen molar-refractivity contribution in [3.63, 3.8) is 0 Å². The molecule has 1 aliphatic heterocycles. The fourth-order valence-electron chi connectivity index (χ4n) is 2.87. The first-order valence-electron chi connectivity index (χ1n) is 6.40. The van der Waals surface area contributed by atoms with E-state index in [0.717, 1.165) is 12.3 Å². The van der Waals surface area contributed by atoms with Crippen molar-refractivity contribution in [2.24, 2.45) is 0 Å². The van der Waals surface area contributed by atoms with E-state index in [4.69, 9.17) is 4.74 Å². The molecule has 2 aliphatic rings. The fraction of sp³-hybridized carbons (Fsp3) is 0.846. The van der Waals surface area contributed by atoms with Crippen LogP contribution in [0.25, 0.3) is 0 Å². The van der Waals surface area contributed by atoms with Crippen LogP contribution in [0.5, 0.6) is 0 Å². The molecule has 1 saturated carbocycles. The van der Waals surface area contributed by atoms with Gasteiger partial charge in [-0.1, -0.05) is 13.5 Å². The van der Waals surface area contributed by atoms with Crippen LogP contribution in [0.2, 0.25) is 0 Å². The van der Waals surface area contributed by atoms with E-state index in [1.54, 1.807) is 0 Å². The van der Waals surface area contributed by atoms with Gasteiger partial charge in [-0.25, -0.2) is 0 Å². The smallest absolute Gasteiger partial charge is 0.106 e. The minimum atomic E-state index is 0.469. The fourth-order valence-corrected chi connectivity index (χ4v) is 2.87. The average Bonchev–Trinajstić information content (AvgIpc) is 2.86. The molecule has 86 valence electrons. The zero-order valence-corrected chi connectivity index (χ0v) is 9.87. The van der Waals surface area contributed by atoms with Crippen molar-refractivity contribution >= 4 is 0 Å². The van der Waals surface area contributed by atoms with Crippen LogP contribution in [-0.2, 0) is 4.74 Å². The largest absolute Gasteiger partial charge is 0.494 e. The predicted molar refractivity (Wildman–Crippen MR) is 62.8 cm³/mol. The summed E-state index contributed by atoms with van der Waals surface area (Å²) in [5.41, 5.74) is 0. The minimum Gasteiger partial charge on any atom is -0.494 e. The lowest BCUT2D eigenvalue weighted by molar-refractivity contribution is 0.0863. The van der Waals surface area contributed by atoms with Gasteiger partial charge in [0.25, 0.3) is 0 Å². The van der Waals surface area contributed by atoms with Crippen LogP contribution in [0.3, 0.4) is 0 Å². The van der Waals surface area contributed by atoms with E-state index in [2.05, 4.69) is 18.4 Å². The van der Waals surface area contributed by atoms with Gasteiger partial charge in [-0.3, -0.25) is 4.90 Å². The third-order valence-corrected chi connectivity index (χ3v) is 3.76. The number of ether oxygens (including phenoxy) is 1. The van der Waals surface area contributed by atoms with Gasteiger partial charge in [0.05, 0.1) is 12.1 Å². The Morgan fingerprint density at radius 3 is 2.67 bits per heavy atom. The summed E-state index contributed by atoms with van der Waals surface area (Å²) < 4.78 is 5.99. The number of hydrogen-bond donors (Lipinski definition) is 0. The van der Waals surface area contributed by atoms with Gasteiger partial charge in [0.15, 0.2) is 0 Å². The van der Waals surface area contributed by atoms with Gasteiger partial charge < -0.3 is 4.74 Å². The van der Waals surface area contributed by atoms with Crippen molar-refractivity contribution in [2.75, 3.05) is 13.1 Å². The number of nitrogens with zero attached hydrogens (tertiary/aromatic N) is 1. The van der Waals surface area contributed by atoms with Crippen LogP contribution in [0.1, 0.15) is 45.4 Å². The summed E-state index contributed by atoms with van der Waals surface area (Å²) >= 11 is 0. The predicted octanol–water partition coefficient (Wildman–Crippen LogP) is 2.94. The first kappa shape index (κ1) is 11.0. The SMILES string of the molecule is C=C(OC1CCCC1)C1CCCN1CC. The molecule has 0 N–H and O–H groups in total. The van der Waals surface area contributed by atoms with Gasteiger partial charge in [0, 0.05) is 0 Å². The molecule has 2 fully saturated rings. The number of likely N-dealkylation sites (N-methyl/N-ethyl adjacent to an activating group) is 1. The van der Waals surface area contributed by atoms with Gasteiger partial charge in [-0.05, 0) is 51.6 Å². The molecule has 0 amide bonds. The van der Waals surface area contributed by atoms with Crippen LogP contribution < -0.4 is 0 Å². The Morgan fingerprint density at radius 2 is 2.00 bits per heavy atom. The second-order valence-corrected chi connectivity index (χ2v) is 4.78. The van der Waals surface area contributed by atoms with Crippen LogP contribution in [-0.4, -0.2) is 30.1 Å². The summed E-state index contributed by atoms with van der Waals surface area (Å²) in [7, 11) is 0.